The molecule has 0 fully saturated rings. The summed E-state index contributed by atoms with van der Waals surface area (Å²) in [6.07, 6.45) is 6.94. The standard InChI is InChI=1S/C28H26N2O3/c1-32-28-18-23(14-16-30-28)27-7-3-2-6-24(27)20-33-26-12-9-21(10-13-26)17-25(31)11-8-22-5-4-15-29-19-22/h2-7,9-10,12-16,18-19H,8,11,17,20H2,1H3. The molecule has 0 bridgehead atoms. The Morgan fingerprint density at radius 2 is 1.76 bits per heavy atom. The van der Waals surface area contributed by atoms with Gasteiger partial charge in [-0.25, -0.2) is 4.98 Å². The molecular formula is C28H26N2O3. The summed E-state index contributed by atoms with van der Waals surface area (Å²) in [5, 5.41) is 0. The molecule has 0 radical (unpaired) electrons. The van der Waals surface area contributed by atoms with E-state index < -0.39 is 0 Å². The first-order valence-corrected chi connectivity index (χ1v) is 10.9. The Kier molecular flexibility index (Phi) is 7.44. The maximum atomic E-state index is 12.3. The molecule has 33 heavy (non-hydrogen) atoms. The van der Waals surface area contributed by atoms with E-state index in [-0.39, 0.29) is 5.78 Å². The quantitative estimate of drug-likeness (QED) is 0.328. The van der Waals surface area contributed by atoms with Crippen LogP contribution in [0, 0.1) is 0 Å². The number of ketones is 1. The van der Waals surface area contributed by atoms with Gasteiger partial charge in [0.15, 0.2) is 0 Å². The van der Waals surface area contributed by atoms with Crippen LogP contribution in [0.25, 0.3) is 11.1 Å². The maximum absolute atomic E-state index is 12.3. The van der Waals surface area contributed by atoms with Gasteiger partial charge in [-0.15, -0.1) is 0 Å². The van der Waals surface area contributed by atoms with Crippen molar-refractivity contribution in [3.8, 4) is 22.8 Å². The third kappa shape index (κ3) is 6.26. The van der Waals surface area contributed by atoms with Crippen molar-refractivity contribution in [2.45, 2.75) is 25.9 Å². The zero-order valence-electron chi connectivity index (χ0n) is 18.6. The first kappa shape index (κ1) is 22.2. The van der Waals surface area contributed by atoms with Crippen LogP contribution >= 0.6 is 0 Å². The average Bonchev–Trinajstić information content (AvgIpc) is 2.88. The summed E-state index contributed by atoms with van der Waals surface area (Å²) in [6.45, 7) is 0.435. The third-order valence-corrected chi connectivity index (χ3v) is 5.41. The highest BCUT2D eigenvalue weighted by atomic mass is 16.5. The van der Waals surface area contributed by atoms with Crippen molar-refractivity contribution in [1.82, 2.24) is 9.97 Å². The number of carbonyl (C=O) groups is 1. The molecule has 4 aromatic rings. The molecule has 5 nitrogen and oxygen atoms in total. The van der Waals surface area contributed by atoms with Gasteiger partial charge in [-0.3, -0.25) is 9.78 Å². The van der Waals surface area contributed by atoms with E-state index in [1.165, 1.54) is 0 Å². The molecule has 0 aliphatic heterocycles. The van der Waals surface area contributed by atoms with Gasteiger partial charge in [0.1, 0.15) is 18.1 Å². The fourth-order valence-electron chi connectivity index (χ4n) is 3.63. The second kappa shape index (κ2) is 11.0. The second-order valence-electron chi connectivity index (χ2n) is 7.75. The van der Waals surface area contributed by atoms with Gasteiger partial charge in [0.05, 0.1) is 7.11 Å². The molecule has 2 aromatic heterocycles. The van der Waals surface area contributed by atoms with E-state index in [0.717, 1.165) is 40.0 Å². The number of hydrogen-bond acceptors (Lipinski definition) is 5. The Morgan fingerprint density at radius 1 is 0.909 bits per heavy atom. The lowest BCUT2D eigenvalue weighted by atomic mass is 10.0. The van der Waals surface area contributed by atoms with Gasteiger partial charge < -0.3 is 9.47 Å². The fraction of sp³-hybridized carbons (Fsp3) is 0.179. The molecule has 5 heteroatoms. The second-order valence-corrected chi connectivity index (χ2v) is 7.75. The smallest absolute Gasteiger partial charge is 0.213 e. The minimum atomic E-state index is 0.217. The molecule has 2 heterocycles. The van der Waals surface area contributed by atoms with Crippen molar-refractivity contribution >= 4 is 5.78 Å². The number of Topliss-reactive ketones (excluding diaryl/α,β-unsaturated/α-hetero) is 1. The molecule has 0 spiro atoms. The predicted molar refractivity (Wildman–Crippen MR) is 128 cm³/mol. The number of carbonyl (C=O) groups excluding carboxylic acids is 1. The van der Waals surface area contributed by atoms with Crippen LogP contribution in [0.3, 0.4) is 0 Å². The summed E-state index contributed by atoms with van der Waals surface area (Å²) in [4.78, 5) is 20.6. The zero-order chi connectivity index (χ0) is 22.9. The highest BCUT2D eigenvalue weighted by Gasteiger charge is 2.08. The van der Waals surface area contributed by atoms with E-state index in [0.29, 0.717) is 25.3 Å². The van der Waals surface area contributed by atoms with E-state index in [4.69, 9.17) is 9.47 Å². The average molecular weight is 439 g/mol. The van der Waals surface area contributed by atoms with Gasteiger partial charge in [-0.2, -0.15) is 0 Å². The van der Waals surface area contributed by atoms with Crippen molar-refractivity contribution in [3.63, 3.8) is 0 Å². The zero-order valence-corrected chi connectivity index (χ0v) is 18.6. The number of benzene rings is 2. The van der Waals surface area contributed by atoms with Crippen molar-refractivity contribution in [2.75, 3.05) is 7.11 Å². The van der Waals surface area contributed by atoms with E-state index in [2.05, 4.69) is 22.1 Å². The topological polar surface area (TPSA) is 61.3 Å². The van der Waals surface area contributed by atoms with Gasteiger partial charge in [0.2, 0.25) is 5.88 Å². The molecule has 0 N–H and O–H groups in total. The summed E-state index contributed by atoms with van der Waals surface area (Å²) in [7, 11) is 1.61. The lowest BCUT2D eigenvalue weighted by Crippen LogP contribution is -2.04. The van der Waals surface area contributed by atoms with Gasteiger partial charge in [-0.05, 0) is 58.5 Å². The molecule has 0 atom stereocenters. The number of nitrogens with zero attached hydrogens (tertiary/aromatic N) is 2. The lowest BCUT2D eigenvalue weighted by molar-refractivity contribution is -0.118. The van der Waals surface area contributed by atoms with Crippen molar-refractivity contribution in [2.24, 2.45) is 0 Å². The number of rotatable bonds is 10. The molecule has 0 saturated heterocycles. The van der Waals surface area contributed by atoms with Gasteiger partial charge in [-0.1, -0.05) is 42.5 Å². The fourth-order valence-corrected chi connectivity index (χ4v) is 3.63. The van der Waals surface area contributed by atoms with Gasteiger partial charge in [0, 0.05) is 37.5 Å². The Labute approximate surface area is 194 Å². The number of aromatic nitrogens is 2. The van der Waals surface area contributed by atoms with Crippen molar-refractivity contribution < 1.29 is 14.3 Å². The van der Waals surface area contributed by atoms with Crippen LogP contribution in [-0.2, 0) is 24.2 Å². The molecule has 0 unspecified atom stereocenters. The number of methoxy groups -OCH3 is 1. The summed E-state index contributed by atoms with van der Waals surface area (Å²) in [6, 6.07) is 23.6. The maximum Gasteiger partial charge on any atom is 0.213 e. The van der Waals surface area contributed by atoms with Crippen molar-refractivity contribution in [3.05, 3.63) is 108 Å². The number of aryl methyl sites for hydroxylation is 1. The largest absolute Gasteiger partial charge is 0.489 e. The van der Waals surface area contributed by atoms with E-state index in [9.17, 15) is 4.79 Å². The van der Waals surface area contributed by atoms with Crippen LogP contribution in [0.2, 0.25) is 0 Å². The lowest BCUT2D eigenvalue weighted by Gasteiger charge is -2.12. The number of ether oxygens (including phenoxy) is 2. The number of pyridine rings is 2. The monoisotopic (exact) mass is 438 g/mol. The SMILES string of the molecule is COc1cc(-c2ccccc2COc2ccc(CC(=O)CCc3cccnc3)cc2)ccn1. The predicted octanol–water partition coefficient (Wildman–Crippen LogP) is 5.48. The molecule has 0 aliphatic carbocycles. The first-order valence-electron chi connectivity index (χ1n) is 10.9. The van der Waals surface area contributed by atoms with E-state index in [1.807, 2.05) is 66.9 Å². The summed E-state index contributed by atoms with van der Waals surface area (Å²) < 4.78 is 11.3. The summed E-state index contributed by atoms with van der Waals surface area (Å²) in [5.41, 5.74) is 5.25. The molecular weight excluding hydrogens is 412 g/mol. The third-order valence-electron chi connectivity index (χ3n) is 5.41. The molecule has 4 rings (SSSR count). The Morgan fingerprint density at radius 3 is 2.55 bits per heavy atom. The van der Waals surface area contributed by atoms with Crippen LogP contribution in [0.4, 0.5) is 0 Å². The highest BCUT2D eigenvalue weighted by Crippen LogP contribution is 2.27. The Bertz CT molecular complexity index is 1190. The first-order chi connectivity index (χ1) is 16.2. The normalized spacial score (nSPS) is 10.6. The molecule has 0 amide bonds. The van der Waals surface area contributed by atoms with Gasteiger partial charge in [0.25, 0.3) is 0 Å². The summed E-state index contributed by atoms with van der Waals surface area (Å²) in [5.74, 6) is 1.56. The minimum absolute atomic E-state index is 0.217. The van der Waals surface area contributed by atoms with Crippen molar-refractivity contribution in [1.29, 1.82) is 0 Å². The number of hydrogen-bond donors (Lipinski definition) is 0. The summed E-state index contributed by atoms with van der Waals surface area (Å²) >= 11 is 0. The van der Waals surface area contributed by atoms with Crippen LogP contribution in [-0.4, -0.2) is 22.9 Å². The molecule has 0 aliphatic rings. The Hall–Kier alpha value is -3.99. The van der Waals surface area contributed by atoms with Crippen LogP contribution in [0.1, 0.15) is 23.1 Å². The van der Waals surface area contributed by atoms with E-state index >= 15 is 0 Å². The van der Waals surface area contributed by atoms with E-state index in [1.54, 1.807) is 19.5 Å². The molecule has 2 aromatic carbocycles. The van der Waals surface area contributed by atoms with Crippen LogP contribution in [0.15, 0.2) is 91.4 Å². The molecule has 0 saturated carbocycles. The van der Waals surface area contributed by atoms with Crippen LogP contribution in [0.5, 0.6) is 11.6 Å². The minimum Gasteiger partial charge on any atom is -0.489 e. The van der Waals surface area contributed by atoms with Crippen LogP contribution < -0.4 is 9.47 Å². The van der Waals surface area contributed by atoms with Gasteiger partial charge >= 0.3 is 0 Å². The molecule has 166 valence electrons. The Balaban J connectivity index is 1.34. The highest BCUT2D eigenvalue weighted by molar-refractivity contribution is 5.81.